The fourth-order valence-corrected chi connectivity index (χ4v) is 2.72. The maximum absolute atomic E-state index is 12.2. The number of rotatable bonds is 6. The average Bonchev–Trinajstić information content (AvgIpc) is 2.70. The summed E-state index contributed by atoms with van der Waals surface area (Å²) >= 11 is 6.01. The number of carbonyl (C=O) groups is 2. The van der Waals surface area contributed by atoms with Crippen LogP contribution in [0.15, 0.2) is 57.7 Å². The Morgan fingerprint density at radius 3 is 2.68 bits per heavy atom. The van der Waals surface area contributed by atoms with E-state index >= 15 is 0 Å². The molecule has 0 aliphatic rings. The van der Waals surface area contributed by atoms with E-state index in [9.17, 15) is 14.4 Å². The van der Waals surface area contributed by atoms with Crippen LogP contribution in [-0.4, -0.2) is 25.6 Å². The van der Waals surface area contributed by atoms with Gasteiger partial charge in [0.15, 0.2) is 17.9 Å². The van der Waals surface area contributed by atoms with Gasteiger partial charge in [0.25, 0.3) is 5.91 Å². The lowest BCUT2D eigenvalue weighted by molar-refractivity contribution is -0.124. The lowest BCUT2D eigenvalue weighted by Gasteiger charge is -2.08. The van der Waals surface area contributed by atoms with Gasteiger partial charge in [-0.3, -0.25) is 4.79 Å². The molecule has 0 radical (unpaired) electrons. The molecule has 1 aromatic heterocycles. The number of methoxy groups -OCH3 is 1. The standard InChI is InChI=1S/C20H16ClNO6/c1-26-16-8-4-6-12-9-14(20(25)28-18(12)16)19(24)27-11-17(23)22-10-13-5-2-3-7-15(13)21/h2-9H,10-11H2,1H3,(H,22,23). The van der Waals surface area contributed by atoms with Crippen molar-refractivity contribution < 1.29 is 23.5 Å². The minimum absolute atomic E-state index is 0.188. The summed E-state index contributed by atoms with van der Waals surface area (Å²) in [5.41, 5.74) is -0.227. The molecule has 0 saturated heterocycles. The fraction of sp³-hybridized carbons (Fsp3) is 0.150. The minimum Gasteiger partial charge on any atom is -0.493 e. The SMILES string of the molecule is COc1cccc2cc(C(=O)OCC(=O)NCc3ccccc3Cl)c(=O)oc12. The number of ether oxygens (including phenoxy) is 2. The quantitative estimate of drug-likeness (QED) is 0.504. The summed E-state index contributed by atoms with van der Waals surface area (Å²) in [7, 11) is 1.44. The van der Waals surface area contributed by atoms with E-state index in [1.54, 1.807) is 42.5 Å². The van der Waals surface area contributed by atoms with Crippen molar-refractivity contribution in [2.24, 2.45) is 0 Å². The van der Waals surface area contributed by atoms with Crippen molar-refractivity contribution in [3.8, 4) is 5.75 Å². The van der Waals surface area contributed by atoms with Gasteiger partial charge in [-0.2, -0.15) is 0 Å². The van der Waals surface area contributed by atoms with E-state index in [1.165, 1.54) is 13.2 Å². The molecule has 0 fully saturated rings. The Morgan fingerprint density at radius 1 is 1.14 bits per heavy atom. The molecule has 0 bridgehead atoms. The number of nitrogens with one attached hydrogen (secondary N) is 1. The van der Waals surface area contributed by atoms with Crippen molar-refractivity contribution in [2.75, 3.05) is 13.7 Å². The number of esters is 1. The Morgan fingerprint density at radius 2 is 1.93 bits per heavy atom. The molecule has 0 aliphatic heterocycles. The number of para-hydroxylation sites is 1. The molecule has 0 saturated carbocycles. The van der Waals surface area contributed by atoms with Crippen LogP contribution in [0.5, 0.6) is 5.75 Å². The van der Waals surface area contributed by atoms with E-state index in [0.717, 1.165) is 5.56 Å². The van der Waals surface area contributed by atoms with E-state index < -0.39 is 24.1 Å². The van der Waals surface area contributed by atoms with E-state index in [4.69, 9.17) is 25.5 Å². The van der Waals surface area contributed by atoms with Gasteiger partial charge < -0.3 is 19.2 Å². The molecule has 0 spiro atoms. The van der Waals surface area contributed by atoms with Gasteiger partial charge >= 0.3 is 11.6 Å². The Kier molecular flexibility index (Phi) is 5.96. The molecule has 2 aromatic carbocycles. The molecule has 3 aromatic rings. The summed E-state index contributed by atoms with van der Waals surface area (Å²) in [5, 5.41) is 3.60. The zero-order valence-corrected chi connectivity index (χ0v) is 15.6. The predicted molar refractivity (Wildman–Crippen MR) is 103 cm³/mol. The van der Waals surface area contributed by atoms with Crippen molar-refractivity contribution in [2.45, 2.75) is 6.54 Å². The molecular weight excluding hydrogens is 386 g/mol. The first-order valence-corrected chi connectivity index (χ1v) is 8.65. The lowest BCUT2D eigenvalue weighted by Crippen LogP contribution is -2.29. The van der Waals surface area contributed by atoms with Gasteiger partial charge in [-0.1, -0.05) is 41.9 Å². The van der Waals surface area contributed by atoms with Crippen LogP contribution >= 0.6 is 11.6 Å². The molecule has 144 valence electrons. The third-order valence-electron chi connectivity index (χ3n) is 3.93. The Bertz CT molecular complexity index is 1090. The molecule has 3 rings (SSSR count). The lowest BCUT2D eigenvalue weighted by atomic mass is 10.2. The largest absolute Gasteiger partial charge is 0.493 e. The predicted octanol–water partition coefficient (Wildman–Crippen LogP) is 2.93. The topological polar surface area (TPSA) is 94.8 Å². The van der Waals surface area contributed by atoms with Crippen LogP contribution in [-0.2, 0) is 16.1 Å². The third-order valence-corrected chi connectivity index (χ3v) is 4.30. The van der Waals surface area contributed by atoms with E-state index in [-0.39, 0.29) is 17.7 Å². The fourth-order valence-electron chi connectivity index (χ4n) is 2.52. The van der Waals surface area contributed by atoms with Crippen molar-refractivity contribution in [1.29, 1.82) is 0 Å². The highest BCUT2D eigenvalue weighted by Gasteiger charge is 2.18. The van der Waals surface area contributed by atoms with Gasteiger partial charge in [-0.25, -0.2) is 9.59 Å². The molecule has 28 heavy (non-hydrogen) atoms. The molecule has 0 unspecified atom stereocenters. The third kappa shape index (κ3) is 4.32. The number of halogens is 1. The van der Waals surface area contributed by atoms with Crippen LogP contribution in [0.1, 0.15) is 15.9 Å². The summed E-state index contributed by atoms with van der Waals surface area (Å²) in [4.78, 5) is 36.2. The van der Waals surface area contributed by atoms with Crippen LogP contribution in [0.25, 0.3) is 11.0 Å². The number of carbonyl (C=O) groups excluding carboxylic acids is 2. The first-order chi connectivity index (χ1) is 13.5. The molecule has 1 amide bonds. The van der Waals surface area contributed by atoms with E-state index in [1.807, 2.05) is 0 Å². The molecule has 8 heteroatoms. The summed E-state index contributed by atoms with van der Waals surface area (Å²) < 4.78 is 15.2. The van der Waals surface area contributed by atoms with Crippen LogP contribution in [0.3, 0.4) is 0 Å². The van der Waals surface area contributed by atoms with Crippen LogP contribution in [0.4, 0.5) is 0 Å². The number of benzene rings is 2. The molecule has 0 atom stereocenters. The summed E-state index contributed by atoms with van der Waals surface area (Å²) in [6, 6.07) is 13.4. The second-order valence-electron chi connectivity index (χ2n) is 5.77. The van der Waals surface area contributed by atoms with Crippen molar-refractivity contribution in [3.05, 3.63) is 75.1 Å². The molecular formula is C20H16ClNO6. The number of fused-ring (bicyclic) bond motifs is 1. The Balaban J connectivity index is 1.64. The molecule has 0 aliphatic carbocycles. The number of hydrogen-bond acceptors (Lipinski definition) is 6. The van der Waals surface area contributed by atoms with Crippen molar-refractivity contribution in [3.63, 3.8) is 0 Å². The first-order valence-electron chi connectivity index (χ1n) is 8.27. The van der Waals surface area contributed by atoms with Gasteiger partial charge in [-0.15, -0.1) is 0 Å². The second kappa shape index (κ2) is 8.58. The van der Waals surface area contributed by atoms with Gasteiger partial charge in [-0.05, 0) is 23.8 Å². The second-order valence-corrected chi connectivity index (χ2v) is 6.18. The van der Waals surface area contributed by atoms with Crippen LogP contribution < -0.4 is 15.7 Å². The monoisotopic (exact) mass is 401 g/mol. The minimum atomic E-state index is -0.952. The van der Waals surface area contributed by atoms with Crippen molar-refractivity contribution in [1.82, 2.24) is 5.32 Å². The highest BCUT2D eigenvalue weighted by atomic mass is 35.5. The van der Waals surface area contributed by atoms with E-state index in [0.29, 0.717) is 16.2 Å². The Hall–Kier alpha value is -3.32. The Labute approximate surface area is 164 Å². The summed E-state index contributed by atoms with van der Waals surface area (Å²) in [6.07, 6.45) is 0. The normalized spacial score (nSPS) is 10.5. The average molecular weight is 402 g/mol. The number of hydrogen-bond donors (Lipinski definition) is 1. The summed E-state index contributed by atoms with van der Waals surface area (Å²) in [5.74, 6) is -1.11. The van der Waals surface area contributed by atoms with Crippen LogP contribution in [0, 0.1) is 0 Å². The van der Waals surface area contributed by atoms with Crippen LogP contribution in [0.2, 0.25) is 5.02 Å². The van der Waals surface area contributed by atoms with E-state index in [2.05, 4.69) is 5.32 Å². The highest BCUT2D eigenvalue weighted by Crippen LogP contribution is 2.24. The zero-order valence-electron chi connectivity index (χ0n) is 14.9. The maximum atomic E-state index is 12.2. The van der Waals surface area contributed by atoms with Gasteiger partial charge in [0, 0.05) is 17.0 Å². The summed E-state index contributed by atoms with van der Waals surface area (Å²) in [6.45, 7) is -0.354. The smallest absolute Gasteiger partial charge is 0.351 e. The van der Waals surface area contributed by atoms with Gasteiger partial charge in [0.2, 0.25) is 0 Å². The van der Waals surface area contributed by atoms with Gasteiger partial charge in [0.05, 0.1) is 7.11 Å². The molecule has 1 heterocycles. The maximum Gasteiger partial charge on any atom is 0.351 e. The molecule has 1 N–H and O–H groups in total. The van der Waals surface area contributed by atoms with Gasteiger partial charge in [0.1, 0.15) is 5.56 Å². The zero-order chi connectivity index (χ0) is 20.1. The number of amides is 1. The highest BCUT2D eigenvalue weighted by molar-refractivity contribution is 6.31. The molecule has 7 nitrogen and oxygen atoms in total. The van der Waals surface area contributed by atoms with Crippen molar-refractivity contribution >= 4 is 34.4 Å². The first kappa shape index (κ1) is 19.4.